The Morgan fingerprint density at radius 1 is 0.833 bits per heavy atom. The van der Waals surface area contributed by atoms with Crippen molar-refractivity contribution in [2.24, 2.45) is 0 Å². The third-order valence-electron chi connectivity index (χ3n) is 1.84. The van der Waals surface area contributed by atoms with Gasteiger partial charge >= 0.3 is 0 Å². The lowest BCUT2D eigenvalue weighted by Crippen LogP contribution is -2.38. The molecule has 0 fully saturated rings. The summed E-state index contributed by atoms with van der Waals surface area (Å²) in [5.74, 6) is 0. The first-order valence-electron chi connectivity index (χ1n) is 3.87. The maximum absolute atomic E-state index is 3.91. The Kier molecular flexibility index (Phi) is 4.26. The van der Waals surface area contributed by atoms with E-state index in [9.17, 15) is 0 Å². The highest BCUT2D eigenvalue weighted by Crippen LogP contribution is 2.53. The summed E-state index contributed by atoms with van der Waals surface area (Å²) < 4.78 is 6.62. The lowest BCUT2D eigenvalue weighted by Gasteiger charge is -2.52. The zero-order valence-corrected chi connectivity index (χ0v) is 9.85. The molecule has 0 saturated carbocycles. The summed E-state index contributed by atoms with van der Waals surface area (Å²) in [7, 11) is 11.4. The first kappa shape index (κ1) is 12.0. The van der Waals surface area contributed by atoms with Crippen LogP contribution < -0.4 is 0 Å². The van der Waals surface area contributed by atoms with Crippen LogP contribution in [0.4, 0.5) is 0 Å². The molecule has 3 nitrogen and oxygen atoms in total. The second kappa shape index (κ2) is 4.28. The van der Waals surface area contributed by atoms with Gasteiger partial charge in [0.05, 0.1) is 0 Å². The summed E-state index contributed by atoms with van der Waals surface area (Å²) >= 11 is 0. The molecule has 0 aromatic heterocycles. The molecule has 0 spiro atoms. The van der Waals surface area contributed by atoms with Crippen molar-refractivity contribution in [1.82, 2.24) is 12.9 Å². The van der Waals surface area contributed by atoms with Crippen molar-refractivity contribution in [3.05, 3.63) is 12.0 Å². The van der Waals surface area contributed by atoms with Crippen molar-refractivity contribution in [3.8, 4) is 0 Å². The Labute approximate surface area is 78.3 Å². The van der Waals surface area contributed by atoms with E-state index >= 15 is 0 Å². The first-order valence-corrected chi connectivity index (χ1v) is 5.44. The van der Waals surface area contributed by atoms with Crippen molar-refractivity contribution in [3.63, 3.8) is 0 Å². The summed E-state index contributed by atoms with van der Waals surface area (Å²) in [5.41, 5.74) is 0. The van der Waals surface area contributed by atoms with E-state index in [0.29, 0.717) is 0 Å². The van der Waals surface area contributed by atoms with Crippen LogP contribution in [0, 0.1) is 0 Å². The van der Waals surface area contributed by atoms with Gasteiger partial charge in [-0.15, -0.1) is 0 Å². The Bertz CT molecular complexity index is 133. The zero-order valence-electron chi connectivity index (χ0n) is 9.03. The smallest absolute Gasteiger partial charge is 0.00182 e. The Balaban J connectivity index is 4.89. The number of rotatable bonds is 4. The van der Waals surface area contributed by atoms with E-state index in [-0.39, 0.29) is 0 Å². The van der Waals surface area contributed by atoms with Crippen LogP contribution in [0.1, 0.15) is 0 Å². The standard InChI is InChI=1S/C8H21N3S/c1-8-12(9(2)3,10(4)5)11(6)7/h8H,1H2,2-7H3. The molecule has 0 unspecified atom stereocenters. The van der Waals surface area contributed by atoms with Gasteiger partial charge in [-0.25, -0.2) is 12.9 Å². The highest BCUT2D eigenvalue weighted by Gasteiger charge is 2.27. The fourth-order valence-corrected chi connectivity index (χ4v) is 4.28. The fraction of sp³-hybridized carbons (Fsp3) is 0.750. The molecule has 0 N–H and O–H groups in total. The normalized spacial score (nSPS) is 14.4. The van der Waals surface area contributed by atoms with Crippen LogP contribution in [0.2, 0.25) is 0 Å². The molecule has 0 aliphatic rings. The summed E-state index contributed by atoms with van der Waals surface area (Å²) in [6, 6.07) is 0. The van der Waals surface area contributed by atoms with Crippen LogP contribution in [0.3, 0.4) is 0 Å². The molecule has 0 atom stereocenters. The maximum Gasteiger partial charge on any atom is -0.00182 e. The summed E-state index contributed by atoms with van der Waals surface area (Å²) in [5, 5.41) is 2.02. The zero-order chi connectivity index (χ0) is 9.94. The number of hydrogen-bond donors (Lipinski definition) is 0. The van der Waals surface area contributed by atoms with Gasteiger partial charge in [-0.1, -0.05) is 17.2 Å². The Morgan fingerprint density at radius 3 is 1.08 bits per heavy atom. The van der Waals surface area contributed by atoms with E-state index in [1.165, 1.54) is 0 Å². The summed E-state index contributed by atoms with van der Waals surface area (Å²) in [6.45, 7) is 3.91. The monoisotopic (exact) mass is 191 g/mol. The molecular formula is C8H21N3S. The molecule has 0 radical (unpaired) electrons. The van der Waals surface area contributed by atoms with Crippen LogP contribution in [0.25, 0.3) is 0 Å². The third-order valence-corrected chi connectivity index (χ3v) is 5.51. The highest BCUT2D eigenvalue weighted by molar-refractivity contribution is 8.30. The predicted octanol–water partition coefficient (Wildman–Crippen LogP) is 1.36. The van der Waals surface area contributed by atoms with Gasteiger partial charge in [-0.3, -0.25) is 0 Å². The number of hydrogen-bond acceptors (Lipinski definition) is 3. The van der Waals surface area contributed by atoms with E-state index < -0.39 is 10.6 Å². The van der Waals surface area contributed by atoms with Crippen molar-refractivity contribution in [2.45, 2.75) is 0 Å². The Hall–Kier alpha value is -0.0300. The van der Waals surface area contributed by atoms with Crippen LogP contribution in [0.5, 0.6) is 0 Å². The van der Waals surface area contributed by atoms with Crippen LogP contribution in [0.15, 0.2) is 12.0 Å². The van der Waals surface area contributed by atoms with Gasteiger partial charge in [0.25, 0.3) is 0 Å². The van der Waals surface area contributed by atoms with Crippen LogP contribution >= 0.6 is 10.6 Å². The lowest BCUT2D eigenvalue weighted by atomic mass is 11.2. The highest BCUT2D eigenvalue weighted by atomic mass is 32.3. The average molecular weight is 191 g/mol. The van der Waals surface area contributed by atoms with Crippen molar-refractivity contribution >= 4 is 10.6 Å². The molecule has 0 rings (SSSR count). The van der Waals surface area contributed by atoms with E-state index in [2.05, 4.69) is 61.8 Å². The van der Waals surface area contributed by atoms with E-state index in [0.717, 1.165) is 0 Å². The minimum Gasteiger partial charge on any atom is -0.247 e. The van der Waals surface area contributed by atoms with Gasteiger partial charge in [0, 0.05) is 0 Å². The molecule has 0 heterocycles. The van der Waals surface area contributed by atoms with Crippen molar-refractivity contribution < 1.29 is 0 Å². The first-order chi connectivity index (χ1) is 5.39. The van der Waals surface area contributed by atoms with Gasteiger partial charge in [0.15, 0.2) is 0 Å². The van der Waals surface area contributed by atoms with Gasteiger partial charge in [-0.2, -0.15) is 0 Å². The molecule has 0 amide bonds. The maximum atomic E-state index is 3.91. The molecule has 12 heavy (non-hydrogen) atoms. The minimum absolute atomic E-state index is 1.12. The summed E-state index contributed by atoms with van der Waals surface area (Å²) in [4.78, 5) is 0. The quantitative estimate of drug-likeness (QED) is 0.664. The second-order valence-electron chi connectivity index (χ2n) is 3.16. The van der Waals surface area contributed by atoms with Crippen LogP contribution in [-0.2, 0) is 0 Å². The molecule has 0 aliphatic carbocycles. The van der Waals surface area contributed by atoms with E-state index in [1.54, 1.807) is 0 Å². The topological polar surface area (TPSA) is 9.72 Å². The molecule has 0 aromatic carbocycles. The molecular weight excluding hydrogens is 170 g/mol. The predicted molar refractivity (Wildman–Crippen MR) is 58.8 cm³/mol. The van der Waals surface area contributed by atoms with Crippen molar-refractivity contribution in [2.75, 3.05) is 42.3 Å². The third kappa shape index (κ3) is 1.82. The summed E-state index contributed by atoms with van der Waals surface area (Å²) in [6.07, 6.45) is 0. The van der Waals surface area contributed by atoms with Gasteiger partial charge in [-0.05, 0) is 47.7 Å². The van der Waals surface area contributed by atoms with Crippen molar-refractivity contribution in [1.29, 1.82) is 0 Å². The molecule has 0 saturated heterocycles. The molecule has 4 heteroatoms. The van der Waals surface area contributed by atoms with Gasteiger partial charge < -0.3 is 0 Å². The largest absolute Gasteiger partial charge is 0.247 e. The van der Waals surface area contributed by atoms with E-state index in [1.807, 2.05) is 5.41 Å². The Morgan fingerprint density at radius 2 is 1.08 bits per heavy atom. The van der Waals surface area contributed by atoms with E-state index in [4.69, 9.17) is 0 Å². The number of nitrogens with zero attached hydrogens (tertiary/aromatic N) is 3. The molecule has 0 aromatic rings. The molecule has 0 aliphatic heterocycles. The van der Waals surface area contributed by atoms with Gasteiger partial charge in [0.2, 0.25) is 0 Å². The molecule has 0 bridgehead atoms. The van der Waals surface area contributed by atoms with Gasteiger partial charge in [0.1, 0.15) is 0 Å². The molecule has 74 valence electrons. The SMILES string of the molecule is C=CS(N(C)C)(N(C)C)N(C)C. The lowest BCUT2D eigenvalue weighted by molar-refractivity contribution is 0.505. The second-order valence-corrected chi connectivity index (χ2v) is 6.81. The minimum atomic E-state index is -1.12. The van der Waals surface area contributed by atoms with Crippen LogP contribution in [-0.4, -0.2) is 55.2 Å². The average Bonchev–Trinajstić information content (AvgIpc) is 1.86. The fourth-order valence-electron chi connectivity index (χ4n) is 1.43.